The number of nitrogens with one attached hydrogen (secondary N) is 1. The van der Waals surface area contributed by atoms with E-state index >= 15 is 0 Å². The summed E-state index contributed by atoms with van der Waals surface area (Å²) >= 11 is 1.18. The zero-order valence-electron chi connectivity index (χ0n) is 20.2. The molecule has 1 aromatic heterocycles. The molecule has 0 spiro atoms. The van der Waals surface area contributed by atoms with Gasteiger partial charge < -0.3 is 14.8 Å². The summed E-state index contributed by atoms with van der Waals surface area (Å²) in [7, 11) is 3.06. The summed E-state index contributed by atoms with van der Waals surface area (Å²) < 4.78 is 10.6. The van der Waals surface area contributed by atoms with E-state index in [-0.39, 0.29) is 11.7 Å². The van der Waals surface area contributed by atoms with Crippen LogP contribution in [0.15, 0.2) is 83.9 Å². The smallest absolute Gasteiger partial charge is 0.234 e. The number of ether oxygens (including phenoxy) is 2. The first-order valence-electron chi connectivity index (χ1n) is 11.3. The molecular formula is C29H23N3O4S. The van der Waals surface area contributed by atoms with Crippen LogP contribution in [0, 0.1) is 11.3 Å². The monoisotopic (exact) mass is 509 g/mol. The molecule has 1 heterocycles. The minimum atomic E-state index is -0.302. The van der Waals surface area contributed by atoms with E-state index in [9.17, 15) is 14.9 Å². The number of pyridine rings is 1. The van der Waals surface area contributed by atoms with E-state index in [1.807, 2.05) is 60.7 Å². The summed E-state index contributed by atoms with van der Waals surface area (Å²) in [5, 5.41) is 13.3. The zero-order chi connectivity index (χ0) is 26.2. The van der Waals surface area contributed by atoms with Crippen molar-refractivity contribution in [1.29, 1.82) is 5.26 Å². The molecule has 4 rings (SSSR count). The van der Waals surface area contributed by atoms with Crippen molar-refractivity contribution in [2.75, 3.05) is 25.3 Å². The Hall–Kier alpha value is -4.61. The molecule has 3 aromatic carbocycles. The lowest BCUT2D eigenvalue weighted by molar-refractivity contribution is -0.113. The number of carbonyl (C=O) groups is 2. The summed E-state index contributed by atoms with van der Waals surface area (Å²) in [5.41, 5.74) is 4.42. The van der Waals surface area contributed by atoms with Gasteiger partial charge in [0.1, 0.15) is 28.9 Å². The van der Waals surface area contributed by atoms with Crippen molar-refractivity contribution in [2.45, 2.75) is 5.03 Å². The number of hydrogen-bond donors (Lipinski definition) is 1. The average Bonchev–Trinajstić information content (AvgIpc) is 2.96. The highest BCUT2D eigenvalue weighted by Gasteiger charge is 2.18. The second-order valence-electron chi connectivity index (χ2n) is 7.86. The molecule has 0 aliphatic heterocycles. The largest absolute Gasteiger partial charge is 0.497 e. The Morgan fingerprint density at radius 1 is 1.00 bits per heavy atom. The molecule has 0 atom stereocenters. The predicted molar refractivity (Wildman–Crippen MR) is 144 cm³/mol. The molecule has 184 valence electrons. The predicted octanol–water partition coefficient (Wildman–Crippen LogP) is 5.85. The first-order chi connectivity index (χ1) is 18.1. The van der Waals surface area contributed by atoms with Gasteiger partial charge >= 0.3 is 0 Å². The number of carbonyl (C=O) groups excluding carboxylic acids is 2. The highest BCUT2D eigenvalue weighted by molar-refractivity contribution is 8.00. The topological polar surface area (TPSA) is 101 Å². The van der Waals surface area contributed by atoms with E-state index in [1.165, 1.54) is 18.9 Å². The lowest BCUT2D eigenvalue weighted by atomic mass is 9.99. The standard InChI is InChI=1S/C29H23N3O4S/c1-35-22-11-9-20(10-12-22)23-15-26(21-6-4-3-5-7-21)32-29(24(23)16-30)37-18-28(34)31-25-13-8-19(17-33)14-27(25)36-2/h3-15,17H,18H2,1-2H3,(H,31,34). The summed E-state index contributed by atoms with van der Waals surface area (Å²) in [6.45, 7) is 0. The number of anilines is 1. The maximum Gasteiger partial charge on any atom is 0.234 e. The molecule has 0 bridgehead atoms. The van der Waals surface area contributed by atoms with Crippen molar-refractivity contribution in [3.8, 4) is 40.0 Å². The van der Waals surface area contributed by atoms with E-state index in [1.54, 1.807) is 25.3 Å². The maximum absolute atomic E-state index is 12.8. The van der Waals surface area contributed by atoms with Crippen LogP contribution in [0.5, 0.6) is 11.5 Å². The number of amides is 1. The molecule has 7 nitrogen and oxygen atoms in total. The van der Waals surface area contributed by atoms with Crippen molar-refractivity contribution in [3.63, 3.8) is 0 Å². The lowest BCUT2D eigenvalue weighted by Crippen LogP contribution is -2.15. The SMILES string of the molecule is COc1ccc(-c2cc(-c3ccccc3)nc(SCC(=O)Nc3ccc(C=O)cc3OC)c2C#N)cc1. The Labute approximate surface area is 219 Å². The molecule has 0 saturated carbocycles. The Morgan fingerprint density at radius 2 is 1.76 bits per heavy atom. The van der Waals surface area contributed by atoms with Gasteiger partial charge in [-0.25, -0.2) is 4.98 Å². The van der Waals surface area contributed by atoms with Crippen molar-refractivity contribution < 1.29 is 19.1 Å². The molecular weight excluding hydrogens is 486 g/mol. The van der Waals surface area contributed by atoms with Crippen LogP contribution in [0.2, 0.25) is 0 Å². The summed E-state index contributed by atoms with van der Waals surface area (Å²) in [4.78, 5) is 28.6. The minimum Gasteiger partial charge on any atom is -0.497 e. The van der Waals surface area contributed by atoms with Gasteiger partial charge in [-0.1, -0.05) is 54.2 Å². The third-order valence-electron chi connectivity index (χ3n) is 5.54. The number of methoxy groups -OCH3 is 2. The number of thioether (sulfide) groups is 1. The van der Waals surface area contributed by atoms with Crippen LogP contribution in [0.3, 0.4) is 0 Å². The number of hydrogen-bond acceptors (Lipinski definition) is 7. The maximum atomic E-state index is 12.8. The first kappa shape index (κ1) is 25.5. The van der Waals surface area contributed by atoms with Crippen LogP contribution in [0.1, 0.15) is 15.9 Å². The van der Waals surface area contributed by atoms with Crippen LogP contribution in [0.4, 0.5) is 5.69 Å². The molecule has 8 heteroatoms. The fourth-order valence-corrected chi connectivity index (χ4v) is 4.50. The molecule has 0 radical (unpaired) electrons. The molecule has 1 N–H and O–H groups in total. The fourth-order valence-electron chi connectivity index (χ4n) is 3.69. The molecule has 4 aromatic rings. The van der Waals surface area contributed by atoms with E-state index in [2.05, 4.69) is 11.4 Å². The molecule has 0 aliphatic rings. The summed E-state index contributed by atoms with van der Waals surface area (Å²) in [5.74, 6) is 0.804. The number of benzene rings is 3. The van der Waals surface area contributed by atoms with Crippen LogP contribution >= 0.6 is 11.8 Å². The summed E-state index contributed by atoms with van der Waals surface area (Å²) in [6, 6.07) is 26.0. The number of aromatic nitrogens is 1. The third-order valence-corrected chi connectivity index (χ3v) is 6.52. The number of nitriles is 1. The van der Waals surface area contributed by atoms with Gasteiger partial charge in [0, 0.05) is 16.7 Å². The van der Waals surface area contributed by atoms with Gasteiger partial charge in [-0.15, -0.1) is 0 Å². The van der Waals surface area contributed by atoms with Crippen LogP contribution in [-0.4, -0.2) is 37.1 Å². The van der Waals surface area contributed by atoms with Gasteiger partial charge in [0.15, 0.2) is 0 Å². The van der Waals surface area contributed by atoms with Gasteiger partial charge in [-0.05, 0) is 42.0 Å². The van der Waals surface area contributed by atoms with Crippen molar-refractivity contribution in [1.82, 2.24) is 4.98 Å². The second kappa shape index (κ2) is 11.9. The van der Waals surface area contributed by atoms with Gasteiger partial charge in [0.05, 0.1) is 36.9 Å². The van der Waals surface area contributed by atoms with Crippen molar-refractivity contribution in [3.05, 3.63) is 90.0 Å². The van der Waals surface area contributed by atoms with Crippen molar-refractivity contribution >= 4 is 29.6 Å². The van der Waals surface area contributed by atoms with Crippen LogP contribution in [-0.2, 0) is 4.79 Å². The second-order valence-corrected chi connectivity index (χ2v) is 8.82. The quantitative estimate of drug-likeness (QED) is 0.223. The van der Waals surface area contributed by atoms with Gasteiger partial charge in [-0.3, -0.25) is 9.59 Å². The molecule has 0 fully saturated rings. The highest BCUT2D eigenvalue weighted by atomic mass is 32.2. The summed E-state index contributed by atoms with van der Waals surface area (Å²) in [6.07, 6.45) is 0.708. The molecule has 37 heavy (non-hydrogen) atoms. The zero-order valence-corrected chi connectivity index (χ0v) is 21.0. The fraction of sp³-hybridized carbons (Fsp3) is 0.103. The Kier molecular flexibility index (Phi) is 8.18. The van der Waals surface area contributed by atoms with Gasteiger partial charge in [-0.2, -0.15) is 5.26 Å². The number of rotatable bonds is 9. The van der Waals surface area contributed by atoms with E-state index in [4.69, 9.17) is 14.5 Å². The molecule has 0 aliphatic carbocycles. The van der Waals surface area contributed by atoms with Crippen LogP contribution < -0.4 is 14.8 Å². The minimum absolute atomic E-state index is 0.0144. The van der Waals surface area contributed by atoms with Crippen molar-refractivity contribution in [2.24, 2.45) is 0 Å². The Morgan fingerprint density at radius 3 is 2.41 bits per heavy atom. The molecule has 0 saturated heterocycles. The first-order valence-corrected chi connectivity index (χ1v) is 12.3. The lowest BCUT2D eigenvalue weighted by Gasteiger charge is -2.14. The van der Waals surface area contributed by atoms with Crippen LogP contribution in [0.25, 0.3) is 22.4 Å². The Balaban J connectivity index is 1.66. The Bertz CT molecular complexity index is 1470. The normalized spacial score (nSPS) is 10.3. The third kappa shape index (κ3) is 5.97. The van der Waals surface area contributed by atoms with Gasteiger partial charge in [0.25, 0.3) is 0 Å². The average molecular weight is 510 g/mol. The molecule has 1 amide bonds. The number of nitrogens with zero attached hydrogens (tertiary/aromatic N) is 2. The number of aldehydes is 1. The van der Waals surface area contributed by atoms with E-state index in [0.29, 0.717) is 50.9 Å². The molecule has 0 unspecified atom stereocenters. The highest BCUT2D eigenvalue weighted by Crippen LogP contribution is 2.35. The van der Waals surface area contributed by atoms with E-state index < -0.39 is 0 Å². The van der Waals surface area contributed by atoms with E-state index in [0.717, 1.165) is 11.1 Å². The van der Waals surface area contributed by atoms with Gasteiger partial charge in [0.2, 0.25) is 5.91 Å².